The molecule has 33 heavy (non-hydrogen) atoms. The van der Waals surface area contributed by atoms with Crippen LogP contribution < -0.4 is 4.74 Å². The van der Waals surface area contributed by atoms with Crippen LogP contribution in [0.15, 0.2) is 35.1 Å². The predicted molar refractivity (Wildman–Crippen MR) is 135 cm³/mol. The fourth-order valence-electron chi connectivity index (χ4n) is 5.57. The molecule has 0 saturated heterocycles. The topological polar surface area (TPSA) is 51.8 Å². The van der Waals surface area contributed by atoms with Gasteiger partial charge in [-0.3, -0.25) is 4.99 Å². The number of aromatic nitrogens is 3. The molecule has 0 unspecified atom stereocenters. The summed E-state index contributed by atoms with van der Waals surface area (Å²) in [5.74, 6) is 1.66. The van der Waals surface area contributed by atoms with Crippen molar-refractivity contribution in [1.82, 2.24) is 14.6 Å². The number of nitrogens with zero attached hydrogens (tertiary/aromatic N) is 4. The number of allylic oxidation sites excluding steroid dienone is 3. The molecular weight excluding hydrogens is 428 g/mol. The second-order valence-corrected chi connectivity index (χ2v) is 10.7. The minimum atomic E-state index is 0.724. The van der Waals surface area contributed by atoms with Gasteiger partial charge in [-0.15, -0.1) is 0 Å². The lowest BCUT2D eigenvalue weighted by Gasteiger charge is -2.21. The molecule has 2 aromatic heterocycles. The molecule has 0 atom stereocenters. The maximum atomic E-state index is 5.64. The number of hydrogen-bond donors (Lipinski definition) is 0. The Morgan fingerprint density at radius 1 is 1.15 bits per heavy atom. The van der Waals surface area contributed by atoms with Gasteiger partial charge in [-0.25, -0.2) is 9.50 Å². The highest BCUT2D eigenvalue weighted by atomic mass is 32.1. The zero-order chi connectivity index (χ0) is 22.4. The molecule has 5 nitrogen and oxygen atoms in total. The molecule has 3 aliphatic rings. The quantitative estimate of drug-likeness (QED) is 0.427. The summed E-state index contributed by atoms with van der Waals surface area (Å²) in [5, 5.41) is 5.56. The molecule has 3 heterocycles. The Hall–Kier alpha value is -2.73. The van der Waals surface area contributed by atoms with Crippen LogP contribution in [0.4, 0.5) is 0 Å². The first kappa shape index (κ1) is 20.8. The van der Waals surface area contributed by atoms with Gasteiger partial charge in [0.05, 0.1) is 19.0 Å². The number of imidazole rings is 1. The smallest absolute Gasteiger partial charge is 0.212 e. The van der Waals surface area contributed by atoms with Crippen LogP contribution in [-0.4, -0.2) is 27.4 Å². The largest absolute Gasteiger partial charge is 0.497 e. The third-order valence-electron chi connectivity index (χ3n) is 7.29. The van der Waals surface area contributed by atoms with Gasteiger partial charge < -0.3 is 4.74 Å². The highest BCUT2D eigenvalue weighted by Crippen LogP contribution is 2.37. The molecule has 6 heteroatoms. The number of fused-ring (bicyclic) bond motifs is 2. The third kappa shape index (κ3) is 4.05. The van der Waals surface area contributed by atoms with E-state index < -0.39 is 0 Å². The number of aryl methyl sites for hydroxylation is 2. The molecule has 1 aliphatic heterocycles. The van der Waals surface area contributed by atoms with Crippen LogP contribution in [0.2, 0.25) is 0 Å². The van der Waals surface area contributed by atoms with Crippen molar-refractivity contribution in [2.75, 3.05) is 7.11 Å². The van der Waals surface area contributed by atoms with Crippen LogP contribution in [0.1, 0.15) is 72.3 Å². The summed E-state index contributed by atoms with van der Waals surface area (Å²) >= 11 is 1.63. The van der Waals surface area contributed by atoms with Gasteiger partial charge in [0.1, 0.15) is 10.8 Å². The summed E-state index contributed by atoms with van der Waals surface area (Å²) < 4.78 is 7.54. The number of aliphatic imine (C=N–C) groups is 1. The zero-order valence-corrected chi connectivity index (χ0v) is 20.2. The maximum Gasteiger partial charge on any atom is 0.212 e. The number of hydrogen-bond acceptors (Lipinski definition) is 5. The molecule has 1 saturated carbocycles. The van der Waals surface area contributed by atoms with Crippen LogP contribution in [0.3, 0.4) is 0 Å². The predicted octanol–water partition coefficient (Wildman–Crippen LogP) is 6.45. The highest BCUT2D eigenvalue weighted by Gasteiger charge is 2.23. The normalized spacial score (nSPS) is 18.4. The van der Waals surface area contributed by atoms with E-state index in [1.807, 2.05) is 11.4 Å². The summed E-state index contributed by atoms with van der Waals surface area (Å²) in [5.41, 5.74) is 8.99. The first-order valence-corrected chi connectivity index (χ1v) is 13.0. The van der Waals surface area contributed by atoms with Crippen molar-refractivity contribution in [3.8, 4) is 5.75 Å². The first-order chi connectivity index (χ1) is 16.2. The van der Waals surface area contributed by atoms with Crippen molar-refractivity contribution in [1.29, 1.82) is 0 Å². The molecule has 170 valence electrons. The molecule has 1 fully saturated rings. The van der Waals surface area contributed by atoms with Crippen molar-refractivity contribution in [2.45, 2.75) is 64.7 Å². The van der Waals surface area contributed by atoms with E-state index in [4.69, 9.17) is 14.7 Å². The van der Waals surface area contributed by atoms with Crippen LogP contribution in [-0.2, 0) is 12.8 Å². The van der Waals surface area contributed by atoms with E-state index in [1.54, 1.807) is 18.4 Å². The van der Waals surface area contributed by atoms with Crippen LogP contribution in [0, 0.1) is 12.8 Å². The average molecular weight is 459 g/mol. The van der Waals surface area contributed by atoms with Gasteiger partial charge in [0.25, 0.3) is 0 Å². The van der Waals surface area contributed by atoms with Gasteiger partial charge in [0.2, 0.25) is 4.96 Å². The maximum absolute atomic E-state index is 5.64. The lowest BCUT2D eigenvalue weighted by atomic mass is 9.85. The van der Waals surface area contributed by atoms with Crippen LogP contribution >= 0.6 is 11.3 Å². The number of methoxy groups -OCH3 is 1. The van der Waals surface area contributed by atoms with Crippen molar-refractivity contribution in [2.24, 2.45) is 10.9 Å². The van der Waals surface area contributed by atoms with Gasteiger partial charge >= 0.3 is 0 Å². The third-order valence-corrected chi connectivity index (χ3v) is 8.13. The molecule has 6 rings (SSSR count). The van der Waals surface area contributed by atoms with Crippen molar-refractivity contribution >= 4 is 33.7 Å². The van der Waals surface area contributed by atoms with E-state index in [2.05, 4.69) is 35.6 Å². The SMILES string of the molecule is COc1cc(CCC2=CCC(C3CCCCC3)=N2)c2c(c1)CC(c1cn3nc(C)sc3n1)=C2. The summed E-state index contributed by atoms with van der Waals surface area (Å²) in [7, 11) is 1.76. The van der Waals surface area contributed by atoms with E-state index in [1.165, 1.54) is 65.8 Å². The Kier molecular flexibility index (Phi) is 5.41. The molecule has 0 spiro atoms. The van der Waals surface area contributed by atoms with Gasteiger partial charge in [0, 0.05) is 24.3 Å². The molecule has 0 radical (unpaired) electrons. The van der Waals surface area contributed by atoms with Crippen molar-refractivity contribution < 1.29 is 4.74 Å². The Morgan fingerprint density at radius 3 is 2.85 bits per heavy atom. The van der Waals surface area contributed by atoms with Gasteiger partial charge in [-0.2, -0.15) is 5.10 Å². The minimum absolute atomic E-state index is 0.724. The summed E-state index contributed by atoms with van der Waals surface area (Å²) in [6, 6.07) is 4.38. The fourth-order valence-corrected chi connectivity index (χ4v) is 6.29. The van der Waals surface area contributed by atoms with Gasteiger partial charge in [-0.05, 0) is 79.0 Å². The van der Waals surface area contributed by atoms with E-state index in [9.17, 15) is 0 Å². The standard InChI is InChI=1S/C27H30N4OS/c1-17-30-31-16-26(29-27(31)33-17)21-12-20-14-23(32-2)13-19(24(20)15-21)8-9-22-10-11-25(28-22)18-6-4-3-5-7-18/h10,13-16,18H,3-9,11-12H2,1-2H3. The second kappa shape index (κ2) is 8.56. The number of benzene rings is 1. The van der Waals surface area contributed by atoms with Gasteiger partial charge in [-0.1, -0.05) is 36.7 Å². The molecule has 0 bridgehead atoms. The Morgan fingerprint density at radius 2 is 2.03 bits per heavy atom. The molecular formula is C27H30N4OS. The van der Waals surface area contributed by atoms with Crippen molar-refractivity contribution in [3.05, 3.63) is 57.5 Å². The molecule has 3 aromatic rings. The Labute approximate surface area is 198 Å². The fraction of sp³-hybridized carbons (Fsp3) is 0.444. The summed E-state index contributed by atoms with van der Waals surface area (Å²) in [6.07, 6.45) is 17.4. The Bertz CT molecular complexity index is 1270. The lowest BCUT2D eigenvalue weighted by molar-refractivity contribution is 0.414. The average Bonchev–Trinajstić information content (AvgIpc) is 3.60. The van der Waals surface area contributed by atoms with E-state index in [-0.39, 0.29) is 0 Å². The molecule has 2 aliphatic carbocycles. The van der Waals surface area contributed by atoms with E-state index in [0.717, 1.165) is 53.0 Å². The van der Waals surface area contributed by atoms with Crippen molar-refractivity contribution in [3.63, 3.8) is 0 Å². The lowest BCUT2D eigenvalue weighted by Crippen LogP contribution is -2.15. The summed E-state index contributed by atoms with van der Waals surface area (Å²) in [4.78, 5) is 10.8. The Balaban J connectivity index is 1.22. The van der Waals surface area contributed by atoms with E-state index >= 15 is 0 Å². The zero-order valence-electron chi connectivity index (χ0n) is 19.4. The first-order valence-electron chi connectivity index (χ1n) is 12.2. The molecule has 0 amide bonds. The molecule has 1 aromatic carbocycles. The second-order valence-electron chi connectivity index (χ2n) is 9.52. The highest BCUT2D eigenvalue weighted by molar-refractivity contribution is 7.16. The van der Waals surface area contributed by atoms with E-state index in [0.29, 0.717) is 0 Å². The molecule has 0 N–H and O–H groups in total. The van der Waals surface area contributed by atoms with Gasteiger partial charge in [0.15, 0.2) is 0 Å². The van der Waals surface area contributed by atoms with Crippen LogP contribution in [0.25, 0.3) is 16.6 Å². The van der Waals surface area contributed by atoms with Crippen LogP contribution in [0.5, 0.6) is 5.75 Å². The monoisotopic (exact) mass is 458 g/mol. The number of ether oxygens (including phenoxy) is 1. The minimum Gasteiger partial charge on any atom is -0.497 e. The summed E-state index contributed by atoms with van der Waals surface area (Å²) in [6.45, 7) is 2.02. The number of rotatable bonds is 6.